The van der Waals surface area contributed by atoms with Gasteiger partial charge in [0.1, 0.15) is 0 Å². The molecule has 6 heteroatoms. The van der Waals surface area contributed by atoms with Crippen molar-refractivity contribution in [1.82, 2.24) is 0 Å². The van der Waals surface area contributed by atoms with Crippen molar-refractivity contribution in [3.8, 4) is 0 Å². The molecule has 0 fully saturated rings. The van der Waals surface area contributed by atoms with Gasteiger partial charge in [-0.05, 0) is 0 Å². The third-order valence-electron chi connectivity index (χ3n) is 0.0638. The molecule has 0 radical (unpaired) electrons. The van der Waals surface area contributed by atoms with Crippen LogP contribution >= 0.6 is 7.24 Å². The second-order valence-electron chi connectivity index (χ2n) is 0.305. The summed E-state index contributed by atoms with van der Waals surface area (Å²) >= 11 is 0. The molecule has 0 rings (SSSR count). The van der Waals surface area contributed by atoms with Crippen LogP contribution in [-0.4, -0.2) is 4.55 Å². The summed E-state index contributed by atoms with van der Waals surface area (Å²) in [7, 11) is -2.88. The first kappa shape index (κ1) is 10.3. The van der Waals surface area contributed by atoms with Crippen molar-refractivity contribution in [2.45, 2.75) is 0 Å². The largest absolute Gasteiger partial charge is 1.00 e. The summed E-state index contributed by atoms with van der Waals surface area (Å²) in [4.78, 5) is 0. The summed E-state index contributed by atoms with van der Waals surface area (Å²) in [6.07, 6.45) is 0. The fourth-order valence-electron chi connectivity index (χ4n) is 0. The van der Waals surface area contributed by atoms with E-state index in [4.69, 9.17) is 13.3 Å². The zero-order valence-corrected chi connectivity index (χ0v) is 6.83. The Kier molecular flexibility index (Phi) is 10.9. The molecule has 0 aromatic heterocycles. The number of hydrogen-bond acceptors (Lipinski definition) is 3. The van der Waals surface area contributed by atoms with E-state index in [0.29, 0.717) is 0 Å². The van der Waals surface area contributed by atoms with E-state index in [0.717, 1.165) is 0 Å². The van der Waals surface area contributed by atoms with Crippen LogP contribution in [-0.2, 0) is 19.0 Å². The predicted molar refractivity (Wildman–Crippen MR) is 18.3 cm³/mol. The Labute approximate surface area is 60.2 Å². The summed E-state index contributed by atoms with van der Waals surface area (Å²) in [5.41, 5.74) is 0. The average Bonchev–Trinajstić information content (AvgIpc) is 1.38. The van der Waals surface area contributed by atoms with Crippen LogP contribution in [0.15, 0.2) is 0 Å². The zero-order valence-electron chi connectivity index (χ0n) is 3.12. The van der Waals surface area contributed by atoms with Gasteiger partial charge in [-0.3, -0.25) is 0 Å². The molecule has 0 aliphatic carbocycles. The van der Waals surface area contributed by atoms with Gasteiger partial charge in [-0.1, -0.05) is 0 Å². The Hall–Kier alpha value is 1.34. The third-order valence-corrected chi connectivity index (χ3v) is 0.574. The predicted octanol–water partition coefficient (Wildman–Crippen LogP) is -2.37. The molecule has 30 valence electrons. The molecular weight excluding hydrogens is 134 g/mol. The molecule has 0 saturated carbocycles. The standard InChI is InChI=1S/Na.HO3PS/c;1-4-5(2)3/h;(H,2,3)/q+1;. The summed E-state index contributed by atoms with van der Waals surface area (Å²) in [6.45, 7) is 0. The van der Waals surface area contributed by atoms with Crippen LogP contribution in [0.1, 0.15) is 0 Å². The van der Waals surface area contributed by atoms with Crippen molar-refractivity contribution in [3.63, 3.8) is 0 Å². The maximum Gasteiger partial charge on any atom is 1.00 e. The number of rotatable bonds is 0. The van der Waals surface area contributed by atoms with Crippen LogP contribution in [0, 0.1) is 0 Å². The summed E-state index contributed by atoms with van der Waals surface area (Å²) < 4.78 is 25.7. The summed E-state index contributed by atoms with van der Waals surface area (Å²) in [6, 6.07) is 0. The second-order valence-corrected chi connectivity index (χ2v) is 2.30. The maximum atomic E-state index is 9.15. The first-order valence-electron chi connectivity index (χ1n) is 0.714. The fourth-order valence-corrected chi connectivity index (χ4v) is 0. The molecule has 1 N–H and O–H groups in total. The van der Waals surface area contributed by atoms with Crippen LogP contribution in [0.2, 0.25) is 0 Å². The van der Waals surface area contributed by atoms with Crippen LogP contribution in [0.25, 0.3) is 0 Å². The van der Waals surface area contributed by atoms with E-state index in [9.17, 15) is 0 Å². The van der Waals surface area contributed by atoms with Crippen LogP contribution in [0.4, 0.5) is 0 Å². The fraction of sp³-hybridized carbons (Fsp3) is 0. The monoisotopic (exact) mass is 135 g/mol. The van der Waals surface area contributed by atoms with Gasteiger partial charge in [0, 0.05) is 0 Å². The van der Waals surface area contributed by atoms with E-state index in [-0.39, 0.29) is 29.6 Å². The van der Waals surface area contributed by atoms with Crippen molar-refractivity contribution >= 4 is 17.5 Å². The molecule has 0 unspecified atom stereocenters. The van der Waals surface area contributed by atoms with Gasteiger partial charge in [0.25, 0.3) is 0 Å². The van der Waals surface area contributed by atoms with Crippen molar-refractivity contribution < 1.29 is 42.9 Å². The van der Waals surface area contributed by atoms with Crippen molar-refractivity contribution in [2.75, 3.05) is 0 Å². The average molecular weight is 135 g/mol. The Morgan fingerprint density at radius 2 is 1.83 bits per heavy atom. The molecule has 6 heavy (non-hydrogen) atoms. The molecule has 0 saturated heterocycles. The van der Waals surface area contributed by atoms with Gasteiger partial charge in [0.05, 0.1) is 0 Å². The minimum atomic E-state index is -2.16. The van der Waals surface area contributed by atoms with Gasteiger partial charge < -0.3 is 0 Å². The molecule has 0 amide bonds. The molecule has 0 heterocycles. The van der Waals surface area contributed by atoms with Crippen LogP contribution < -0.4 is 29.6 Å². The first-order valence-corrected chi connectivity index (χ1v) is 3.24. The van der Waals surface area contributed by atoms with E-state index in [2.05, 4.69) is 0 Å². The molecule has 0 aliphatic heterocycles. The van der Waals surface area contributed by atoms with Gasteiger partial charge >= 0.3 is 60.4 Å². The van der Waals surface area contributed by atoms with Gasteiger partial charge in [-0.25, -0.2) is 0 Å². The van der Waals surface area contributed by atoms with E-state index in [1.807, 2.05) is 0 Å². The summed E-state index contributed by atoms with van der Waals surface area (Å²) in [5.74, 6) is 0. The van der Waals surface area contributed by atoms with E-state index >= 15 is 0 Å². The Morgan fingerprint density at radius 3 is 1.83 bits per heavy atom. The van der Waals surface area contributed by atoms with Gasteiger partial charge in [0.2, 0.25) is 0 Å². The van der Waals surface area contributed by atoms with Crippen LogP contribution in [0.3, 0.4) is 0 Å². The molecule has 0 aromatic rings. The van der Waals surface area contributed by atoms with Gasteiger partial charge in [-0.2, -0.15) is 0 Å². The molecular formula is HNaO3PS+. The summed E-state index contributed by atoms with van der Waals surface area (Å²) in [5, 5.41) is 0. The SMILES string of the molecule is O=[P+]=[S-](=O)O.[Na+]. The van der Waals surface area contributed by atoms with Crippen molar-refractivity contribution in [1.29, 1.82) is 0 Å². The number of hydrogen-bond donors (Lipinski definition) is 1. The second kappa shape index (κ2) is 6.34. The molecule has 0 spiro atoms. The van der Waals surface area contributed by atoms with Gasteiger partial charge in [0.15, 0.2) is 0 Å². The molecule has 0 bridgehead atoms. The molecule has 3 nitrogen and oxygen atoms in total. The minimum absolute atomic E-state index is 0. The molecule has 0 aliphatic rings. The Morgan fingerprint density at radius 1 is 1.67 bits per heavy atom. The Balaban J connectivity index is 0. The molecule has 0 aromatic carbocycles. The maximum absolute atomic E-state index is 9.15. The van der Waals surface area contributed by atoms with Crippen molar-refractivity contribution in [2.24, 2.45) is 0 Å². The van der Waals surface area contributed by atoms with Gasteiger partial charge in [-0.15, -0.1) is 0 Å². The van der Waals surface area contributed by atoms with Crippen LogP contribution in [0.5, 0.6) is 0 Å². The van der Waals surface area contributed by atoms with E-state index in [1.54, 1.807) is 0 Å². The van der Waals surface area contributed by atoms with Crippen molar-refractivity contribution in [3.05, 3.63) is 0 Å². The minimum Gasteiger partial charge on any atom is 1.00 e. The Bertz CT molecular complexity index is 108. The normalized spacial score (nSPS) is 7.00. The van der Waals surface area contributed by atoms with E-state index < -0.39 is 17.5 Å². The van der Waals surface area contributed by atoms with E-state index in [1.165, 1.54) is 0 Å². The first-order chi connectivity index (χ1) is 2.27. The smallest absolute Gasteiger partial charge is 1.00 e. The quantitative estimate of drug-likeness (QED) is 0.175. The molecule has 0 atom stereocenters. The third kappa shape index (κ3) is 9.02. The topological polar surface area (TPSA) is 54.4 Å². The zero-order chi connectivity index (χ0) is 4.28.